The Morgan fingerprint density at radius 2 is 1.73 bits per heavy atom. The number of halogens is 1. The fraction of sp³-hybridized carbons (Fsp3) is 0.393. The van der Waals surface area contributed by atoms with Gasteiger partial charge in [0.2, 0.25) is 0 Å². The van der Waals surface area contributed by atoms with Gasteiger partial charge in [0.25, 0.3) is 0 Å². The summed E-state index contributed by atoms with van der Waals surface area (Å²) in [6, 6.07) is 20.4. The van der Waals surface area contributed by atoms with Crippen LogP contribution < -0.4 is 0 Å². The number of hydrogen-bond donors (Lipinski definition) is 0. The average molecular weight is 403 g/mol. The standard InChI is InChI=1S/C28H31FO/c1-19(25-15-16-28(29)27-6-4-3-5-26(25)27)17-22-11-14-24(18-22)23-12-9-21(10-13-23)8-7-20(2)30/h3-6,9-10,12-13,15-16,19,22,24H,7-8,11,14,17-18H2,1-2H3/t19-,22+,24+/m0/s1. The molecular formula is C28H31FO. The molecule has 0 radical (unpaired) electrons. The van der Waals surface area contributed by atoms with Crippen molar-refractivity contribution in [3.63, 3.8) is 0 Å². The molecule has 1 aliphatic carbocycles. The van der Waals surface area contributed by atoms with Gasteiger partial charge in [0.15, 0.2) is 0 Å². The lowest BCUT2D eigenvalue weighted by molar-refractivity contribution is -0.116. The Hall–Kier alpha value is -2.48. The molecule has 0 aliphatic heterocycles. The van der Waals surface area contributed by atoms with Crippen LogP contribution in [0, 0.1) is 11.7 Å². The Bertz CT molecular complexity index is 1020. The summed E-state index contributed by atoms with van der Waals surface area (Å²) >= 11 is 0. The van der Waals surface area contributed by atoms with Gasteiger partial charge in [0.05, 0.1) is 0 Å². The van der Waals surface area contributed by atoms with Crippen LogP contribution in [0.15, 0.2) is 60.7 Å². The van der Waals surface area contributed by atoms with E-state index in [4.69, 9.17) is 0 Å². The molecule has 0 unspecified atom stereocenters. The third-order valence-corrected chi connectivity index (χ3v) is 6.88. The number of Topliss-reactive ketones (excluding diaryl/α,β-unsaturated/α-hetero) is 1. The van der Waals surface area contributed by atoms with E-state index in [1.165, 1.54) is 36.0 Å². The molecule has 2 heteroatoms. The second-order valence-electron chi connectivity index (χ2n) is 9.14. The van der Waals surface area contributed by atoms with Crippen molar-refractivity contribution in [2.45, 2.75) is 64.2 Å². The highest BCUT2D eigenvalue weighted by atomic mass is 19.1. The van der Waals surface area contributed by atoms with E-state index in [1.807, 2.05) is 24.3 Å². The smallest absolute Gasteiger partial charge is 0.131 e. The Labute approximate surface area is 179 Å². The number of rotatable bonds is 7. The van der Waals surface area contributed by atoms with Crippen LogP contribution in [-0.4, -0.2) is 5.78 Å². The highest BCUT2D eigenvalue weighted by Gasteiger charge is 2.27. The monoisotopic (exact) mass is 402 g/mol. The molecule has 3 aromatic rings. The number of benzene rings is 3. The van der Waals surface area contributed by atoms with Crippen LogP contribution in [0.5, 0.6) is 0 Å². The summed E-state index contributed by atoms with van der Waals surface area (Å²) in [4.78, 5) is 11.2. The summed E-state index contributed by atoms with van der Waals surface area (Å²) in [7, 11) is 0. The lowest BCUT2D eigenvalue weighted by Crippen LogP contribution is -2.04. The van der Waals surface area contributed by atoms with Crippen molar-refractivity contribution < 1.29 is 9.18 Å². The molecule has 1 aliphatic rings. The van der Waals surface area contributed by atoms with E-state index in [0.717, 1.165) is 23.6 Å². The quantitative estimate of drug-likeness (QED) is 0.398. The zero-order valence-electron chi connectivity index (χ0n) is 18.0. The summed E-state index contributed by atoms with van der Waals surface area (Å²) < 4.78 is 14.2. The molecule has 0 aromatic heterocycles. The fourth-order valence-corrected chi connectivity index (χ4v) is 5.21. The number of carbonyl (C=O) groups is 1. The zero-order valence-corrected chi connectivity index (χ0v) is 18.0. The van der Waals surface area contributed by atoms with Gasteiger partial charge in [-0.25, -0.2) is 4.39 Å². The SMILES string of the molecule is CC(=O)CCc1ccc([C@@H]2CC[C@H](C[C@H](C)c3ccc(F)c4ccccc34)C2)cc1. The maximum Gasteiger partial charge on any atom is 0.131 e. The molecule has 1 saturated carbocycles. The first-order chi connectivity index (χ1) is 14.5. The van der Waals surface area contributed by atoms with Crippen LogP contribution in [0.1, 0.15) is 74.5 Å². The summed E-state index contributed by atoms with van der Waals surface area (Å²) in [6.07, 6.45) is 6.36. The molecule has 3 aromatic carbocycles. The highest BCUT2D eigenvalue weighted by molar-refractivity contribution is 5.86. The fourth-order valence-electron chi connectivity index (χ4n) is 5.21. The lowest BCUT2D eigenvalue weighted by Gasteiger charge is -2.19. The zero-order chi connectivity index (χ0) is 21.1. The van der Waals surface area contributed by atoms with Crippen LogP contribution >= 0.6 is 0 Å². The van der Waals surface area contributed by atoms with Gasteiger partial charge in [-0.1, -0.05) is 61.5 Å². The molecule has 0 heterocycles. The minimum absolute atomic E-state index is 0.130. The summed E-state index contributed by atoms with van der Waals surface area (Å²) in [5, 5.41) is 1.79. The molecule has 4 rings (SSSR count). The number of hydrogen-bond acceptors (Lipinski definition) is 1. The van der Waals surface area contributed by atoms with Crippen LogP contribution in [0.2, 0.25) is 0 Å². The summed E-state index contributed by atoms with van der Waals surface area (Å²) in [6.45, 7) is 3.94. The van der Waals surface area contributed by atoms with Gasteiger partial charge in [0.1, 0.15) is 11.6 Å². The highest BCUT2D eigenvalue weighted by Crippen LogP contribution is 2.43. The largest absolute Gasteiger partial charge is 0.300 e. The first kappa shape index (κ1) is 20.8. The van der Waals surface area contributed by atoms with Crippen LogP contribution in [-0.2, 0) is 11.2 Å². The number of carbonyl (C=O) groups excluding carboxylic acids is 1. The molecule has 0 N–H and O–H groups in total. The van der Waals surface area contributed by atoms with Crippen molar-refractivity contribution in [2.24, 2.45) is 5.92 Å². The van der Waals surface area contributed by atoms with Gasteiger partial charge in [-0.15, -0.1) is 0 Å². The molecule has 3 atom stereocenters. The van der Waals surface area contributed by atoms with Crippen molar-refractivity contribution in [1.82, 2.24) is 0 Å². The van der Waals surface area contributed by atoms with Crippen LogP contribution in [0.4, 0.5) is 4.39 Å². The van der Waals surface area contributed by atoms with Crippen LogP contribution in [0.25, 0.3) is 10.8 Å². The third-order valence-electron chi connectivity index (χ3n) is 6.88. The Morgan fingerprint density at radius 1 is 1.00 bits per heavy atom. The molecule has 30 heavy (non-hydrogen) atoms. The summed E-state index contributed by atoms with van der Waals surface area (Å²) in [5.74, 6) is 1.89. The van der Waals surface area contributed by atoms with Gasteiger partial charge >= 0.3 is 0 Å². The van der Waals surface area contributed by atoms with E-state index in [0.29, 0.717) is 24.2 Å². The number of fused-ring (bicyclic) bond motifs is 1. The van der Waals surface area contributed by atoms with Crippen molar-refractivity contribution in [3.8, 4) is 0 Å². The minimum atomic E-state index is -0.130. The first-order valence-electron chi connectivity index (χ1n) is 11.3. The third kappa shape index (κ3) is 4.64. The topological polar surface area (TPSA) is 17.1 Å². The molecular weight excluding hydrogens is 371 g/mol. The maximum atomic E-state index is 14.2. The van der Waals surface area contributed by atoms with E-state index < -0.39 is 0 Å². The molecule has 156 valence electrons. The predicted molar refractivity (Wildman–Crippen MR) is 122 cm³/mol. The van der Waals surface area contributed by atoms with Crippen molar-refractivity contribution in [1.29, 1.82) is 0 Å². The molecule has 0 amide bonds. The number of aryl methyl sites for hydroxylation is 1. The minimum Gasteiger partial charge on any atom is -0.300 e. The van der Waals surface area contributed by atoms with Crippen molar-refractivity contribution >= 4 is 16.6 Å². The van der Waals surface area contributed by atoms with Gasteiger partial charge < -0.3 is 4.79 Å². The molecule has 0 saturated heterocycles. The van der Waals surface area contributed by atoms with E-state index in [-0.39, 0.29) is 11.6 Å². The predicted octanol–water partition coefficient (Wildman–Crippen LogP) is 7.58. The van der Waals surface area contributed by atoms with Crippen LogP contribution in [0.3, 0.4) is 0 Å². The Morgan fingerprint density at radius 3 is 2.47 bits per heavy atom. The summed E-state index contributed by atoms with van der Waals surface area (Å²) in [5.41, 5.74) is 3.95. The van der Waals surface area contributed by atoms with E-state index in [9.17, 15) is 9.18 Å². The van der Waals surface area contributed by atoms with Gasteiger partial charge in [0, 0.05) is 11.8 Å². The van der Waals surface area contributed by atoms with Crippen molar-refractivity contribution in [2.75, 3.05) is 0 Å². The van der Waals surface area contributed by atoms with Crippen molar-refractivity contribution in [3.05, 3.63) is 83.2 Å². The molecule has 1 nitrogen and oxygen atoms in total. The van der Waals surface area contributed by atoms with E-state index >= 15 is 0 Å². The Balaban J connectivity index is 1.39. The maximum absolute atomic E-state index is 14.2. The second-order valence-corrected chi connectivity index (χ2v) is 9.14. The normalized spacial score (nSPS) is 19.8. The molecule has 1 fully saturated rings. The average Bonchev–Trinajstić information content (AvgIpc) is 3.21. The first-order valence-corrected chi connectivity index (χ1v) is 11.3. The lowest BCUT2D eigenvalue weighted by atomic mass is 9.86. The Kier molecular flexibility index (Phi) is 6.32. The van der Waals surface area contributed by atoms with Gasteiger partial charge in [-0.2, -0.15) is 0 Å². The van der Waals surface area contributed by atoms with E-state index in [1.54, 1.807) is 13.0 Å². The van der Waals surface area contributed by atoms with Gasteiger partial charge in [-0.05, 0) is 84.9 Å². The molecule has 0 spiro atoms. The second kappa shape index (κ2) is 9.12. The van der Waals surface area contributed by atoms with E-state index in [2.05, 4.69) is 37.3 Å². The number of ketones is 1. The molecule has 0 bridgehead atoms. The van der Waals surface area contributed by atoms with Gasteiger partial charge in [-0.3, -0.25) is 0 Å².